The van der Waals surface area contributed by atoms with Crippen molar-refractivity contribution < 1.29 is 20.8 Å². The van der Waals surface area contributed by atoms with Gasteiger partial charge in [-0.1, -0.05) is 155 Å². The van der Waals surface area contributed by atoms with Crippen molar-refractivity contribution in [2.45, 2.75) is 59.5 Å². The van der Waals surface area contributed by atoms with Crippen molar-refractivity contribution in [2.24, 2.45) is 0 Å². The van der Waals surface area contributed by atoms with Gasteiger partial charge in [-0.05, 0) is 45.0 Å². The van der Waals surface area contributed by atoms with Crippen LogP contribution < -0.4 is 0 Å². The van der Waals surface area contributed by atoms with Gasteiger partial charge in [0.05, 0.1) is 0 Å². The average Bonchev–Trinajstić information content (AvgIpc) is 3.79. The molecule has 0 aliphatic rings. The second-order valence-corrected chi connectivity index (χ2v) is 18.0. The molecule has 0 bridgehead atoms. The third-order valence-electron chi connectivity index (χ3n) is 9.30. The summed E-state index contributed by atoms with van der Waals surface area (Å²) in [5.41, 5.74) is 9.59. The topological polar surface area (TPSA) is 0 Å². The number of benzene rings is 6. The molecule has 0 heterocycles. The van der Waals surface area contributed by atoms with E-state index in [-0.39, 0.29) is 0 Å². The first-order valence-electron chi connectivity index (χ1n) is 17.7. The predicted molar refractivity (Wildman–Crippen MR) is 227 cm³/mol. The van der Waals surface area contributed by atoms with E-state index in [1.165, 1.54) is 88.5 Å². The number of hydrogen-bond acceptors (Lipinski definition) is 0. The molecule has 0 nitrogen and oxygen atoms in total. The molecule has 8 rings (SSSR count). The Kier molecular flexibility index (Phi) is 14.5. The van der Waals surface area contributed by atoms with Gasteiger partial charge >= 0.3 is 37.9 Å². The van der Waals surface area contributed by atoms with Crippen LogP contribution in [0.5, 0.6) is 0 Å². The summed E-state index contributed by atoms with van der Waals surface area (Å²) in [5.74, 6) is 0.563. The Bertz CT molecular complexity index is 2310. The predicted octanol–water partition coefficient (Wildman–Crippen LogP) is 15.3. The first-order chi connectivity index (χ1) is 24.8. The zero-order chi connectivity index (χ0) is 36.3. The van der Waals surface area contributed by atoms with Crippen LogP contribution in [0.4, 0.5) is 0 Å². The van der Waals surface area contributed by atoms with E-state index >= 15 is 0 Å². The first-order valence-corrected chi connectivity index (χ1v) is 26.1. The molecule has 8 aromatic carbocycles. The summed E-state index contributed by atoms with van der Waals surface area (Å²) in [6.07, 6.45) is 2.35. The van der Waals surface area contributed by atoms with Gasteiger partial charge in [-0.2, -0.15) is 12.1 Å². The van der Waals surface area contributed by atoms with E-state index in [2.05, 4.69) is 180 Å². The van der Waals surface area contributed by atoms with Crippen LogP contribution in [0.15, 0.2) is 140 Å². The molecule has 0 saturated carbocycles. The second kappa shape index (κ2) is 19.0. The number of aryl methyl sites for hydroxylation is 2. The number of fused-ring (bicyclic) bond motifs is 4. The van der Waals surface area contributed by atoms with Crippen LogP contribution in [0.2, 0.25) is 13.1 Å². The van der Waals surface area contributed by atoms with Gasteiger partial charge in [-0.25, -0.2) is 0 Å². The molecule has 2 radical (unpaired) electrons. The van der Waals surface area contributed by atoms with Crippen LogP contribution in [0, 0.1) is 6.92 Å². The van der Waals surface area contributed by atoms with Crippen molar-refractivity contribution in [3.8, 4) is 22.3 Å². The summed E-state index contributed by atoms with van der Waals surface area (Å²) >= 11 is -0.826. The summed E-state index contributed by atoms with van der Waals surface area (Å²) in [6, 6.07) is 51.1. The van der Waals surface area contributed by atoms with Crippen molar-refractivity contribution in [1.29, 1.82) is 0 Å². The third-order valence-corrected chi connectivity index (χ3v) is 9.30. The van der Waals surface area contributed by atoms with Crippen LogP contribution in [-0.2, 0) is 27.3 Å². The zero-order valence-corrected chi connectivity index (χ0v) is 35.5. The zero-order valence-electron chi connectivity index (χ0n) is 30.5. The van der Waals surface area contributed by atoms with Crippen molar-refractivity contribution in [3.63, 3.8) is 0 Å². The van der Waals surface area contributed by atoms with Crippen molar-refractivity contribution in [1.82, 2.24) is 0 Å². The number of rotatable bonds is 5. The Morgan fingerprint density at radius 1 is 0.608 bits per heavy atom. The van der Waals surface area contributed by atoms with E-state index in [4.69, 9.17) is 17.0 Å². The summed E-state index contributed by atoms with van der Waals surface area (Å²) in [5, 5.41) is 10.8. The van der Waals surface area contributed by atoms with Gasteiger partial charge in [0.15, 0.2) is 0 Å². The van der Waals surface area contributed by atoms with Crippen LogP contribution in [-0.4, -0.2) is 9.52 Å². The fourth-order valence-corrected chi connectivity index (χ4v) is 6.92. The second-order valence-electron chi connectivity index (χ2n) is 13.2. The molecule has 0 saturated heterocycles. The quantitative estimate of drug-likeness (QED) is 0.120. The van der Waals surface area contributed by atoms with Crippen molar-refractivity contribution in [2.75, 3.05) is 0 Å². The normalized spacial score (nSPS) is 10.7. The van der Waals surface area contributed by atoms with Gasteiger partial charge in [-0.15, -0.1) is 68.6 Å². The molecule has 51 heavy (non-hydrogen) atoms. The monoisotopic (exact) mass is 798 g/mol. The molecule has 0 aromatic heterocycles. The third kappa shape index (κ3) is 9.22. The molecule has 0 fully saturated rings. The summed E-state index contributed by atoms with van der Waals surface area (Å²) in [6.45, 7) is 13.3. The first kappa shape index (κ1) is 39.0. The van der Waals surface area contributed by atoms with E-state index in [0.717, 1.165) is 15.9 Å². The number of hydrogen-bond donors (Lipinski definition) is 0. The van der Waals surface area contributed by atoms with E-state index in [1.807, 2.05) is 0 Å². The molecular formula is C47H46Cl2SiZr. The molecule has 0 N–H and O–H groups in total. The maximum absolute atomic E-state index is 4.93. The SMILES string of the molecule is CC(C)c1cc2c(-c3cccc4ccccc34)cccc2[cH-]1.CCCc1cc2c(-c3cccc4ccccc34)ccc(C)c2[cH-]1.C[Si]C.[Cl][Zr+2][Cl]. The fraction of sp³-hybridized carbons (Fsp3) is 0.191. The van der Waals surface area contributed by atoms with E-state index in [9.17, 15) is 0 Å². The molecule has 0 aliphatic carbocycles. The van der Waals surface area contributed by atoms with E-state index in [0.29, 0.717) is 5.92 Å². The minimum atomic E-state index is -0.826. The van der Waals surface area contributed by atoms with Crippen LogP contribution in [0.25, 0.3) is 65.3 Å². The van der Waals surface area contributed by atoms with Gasteiger partial charge in [-0.3, -0.25) is 0 Å². The molecular weight excluding hydrogens is 755 g/mol. The minimum absolute atomic E-state index is 0.563. The maximum atomic E-state index is 4.93. The van der Waals surface area contributed by atoms with Gasteiger partial charge in [0.2, 0.25) is 0 Å². The Morgan fingerprint density at radius 2 is 1.10 bits per heavy atom. The van der Waals surface area contributed by atoms with E-state index < -0.39 is 20.8 Å². The molecule has 0 unspecified atom stereocenters. The summed E-state index contributed by atoms with van der Waals surface area (Å²) in [7, 11) is 11.0. The molecule has 0 atom stereocenters. The summed E-state index contributed by atoms with van der Waals surface area (Å²) in [4.78, 5) is 0. The van der Waals surface area contributed by atoms with Crippen LogP contribution in [0.3, 0.4) is 0 Å². The Labute approximate surface area is 326 Å². The van der Waals surface area contributed by atoms with Crippen LogP contribution >= 0.6 is 17.0 Å². The molecule has 0 aliphatic heterocycles. The Hall–Kier alpha value is -3.26. The van der Waals surface area contributed by atoms with Gasteiger partial charge < -0.3 is 0 Å². The van der Waals surface area contributed by atoms with Gasteiger partial charge in [0.25, 0.3) is 0 Å². The molecule has 0 spiro atoms. The molecule has 8 aromatic rings. The Morgan fingerprint density at radius 3 is 1.65 bits per heavy atom. The average molecular weight is 801 g/mol. The Balaban J connectivity index is 0.000000172. The fourth-order valence-electron chi connectivity index (χ4n) is 6.92. The van der Waals surface area contributed by atoms with Crippen molar-refractivity contribution >= 4 is 69.6 Å². The standard InChI is InChI=1S/C23H21.C22H19.C2H6Si.2ClH.Zr/c1-3-7-17-14-22-16(2)12-13-21(23(22)15-17)20-11-6-9-18-8-4-5-10-19(18)20;1-15(2)18-13-17-9-6-12-21(22(17)14-18)20-11-5-8-16-7-3-4-10-19(16)20;1-3-2;;;/h4-6,8-15H,3,7H2,1-2H3;3-15H,1-2H3;1-2H3;2*1H;/q2*-1;;;;+4/p-2. The molecule has 0 amide bonds. The summed E-state index contributed by atoms with van der Waals surface area (Å²) < 4.78 is 0. The van der Waals surface area contributed by atoms with Crippen LogP contribution in [0.1, 0.15) is 49.8 Å². The van der Waals surface area contributed by atoms with Gasteiger partial charge in [0, 0.05) is 9.52 Å². The van der Waals surface area contributed by atoms with Gasteiger partial charge in [0.1, 0.15) is 0 Å². The van der Waals surface area contributed by atoms with Crippen molar-refractivity contribution in [3.05, 3.63) is 156 Å². The molecule has 4 heteroatoms. The van der Waals surface area contributed by atoms with E-state index in [1.54, 1.807) is 0 Å². The molecule has 256 valence electrons. The number of halogens is 2.